The summed E-state index contributed by atoms with van der Waals surface area (Å²) in [5.41, 5.74) is 1.78. The van der Waals surface area contributed by atoms with Crippen LogP contribution in [0.5, 0.6) is 0 Å². The van der Waals surface area contributed by atoms with Gasteiger partial charge in [0, 0.05) is 23.4 Å². The largest absolute Gasteiger partial charge is 0.302 e. The van der Waals surface area contributed by atoms with E-state index >= 15 is 0 Å². The van der Waals surface area contributed by atoms with Gasteiger partial charge >= 0.3 is 0 Å². The Balaban J connectivity index is 1.99. The molecule has 0 saturated carbocycles. The van der Waals surface area contributed by atoms with Gasteiger partial charge in [0.2, 0.25) is 5.91 Å². The number of thiazole rings is 1. The molecule has 0 bridgehead atoms. The van der Waals surface area contributed by atoms with Crippen molar-refractivity contribution in [1.29, 1.82) is 5.26 Å². The smallest absolute Gasteiger partial charge is 0.228 e. The van der Waals surface area contributed by atoms with E-state index in [0.29, 0.717) is 10.7 Å². The second kappa shape index (κ2) is 7.00. The van der Waals surface area contributed by atoms with Crippen LogP contribution in [-0.4, -0.2) is 10.9 Å². The zero-order chi connectivity index (χ0) is 15.2. The van der Waals surface area contributed by atoms with Crippen LogP contribution in [0.1, 0.15) is 36.3 Å². The van der Waals surface area contributed by atoms with Gasteiger partial charge in [-0.25, -0.2) is 4.98 Å². The summed E-state index contributed by atoms with van der Waals surface area (Å²) in [6.07, 6.45) is 3.35. The van der Waals surface area contributed by atoms with E-state index < -0.39 is 0 Å². The maximum atomic E-state index is 11.8. The van der Waals surface area contributed by atoms with E-state index in [1.54, 1.807) is 6.20 Å². The molecule has 4 nitrogen and oxygen atoms in total. The lowest BCUT2D eigenvalue weighted by Gasteiger charge is -2.06. The third-order valence-electron chi connectivity index (χ3n) is 3.31. The van der Waals surface area contributed by atoms with E-state index in [0.717, 1.165) is 23.3 Å². The molecule has 1 amide bonds. The van der Waals surface area contributed by atoms with E-state index in [4.69, 9.17) is 5.26 Å². The summed E-state index contributed by atoms with van der Waals surface area (Å²) in [6, 6.07) is 9.60. The van der Waals surface area contributed by atoms with Gasteiger partial charge in [-0.3, -0.25) is 4.79 Å². The molecule has 1 aromatic heterocycles. The highest BCUT2D eigenvalue weighted by Crippen LogP contribution is 2.22. The Morgan fingerprint density at radius 2 is 2.14 bits per heavy atom. The first-order chi connectivity index (χ1) is 10.1. The molecule has 1 atom stereocenters. The number of carbonyl (C=O) groups is 1. The van der Waals surface area contributed by atoms with Gasteiger partial charge in [0.15, 0.2) is 5.13 Å². The van der Waals surface area contributed by atoms with Crippen molar-refractivity contribution in [2.45, 2.75) is 26.7 Å². The fourth-order valence-electron chi connectivity index (χ4n) is 1.76. The molecule has 0 spiro atoms. The predicted octanol–water partition coefficient (Wildman–Crippen LogP) is 3.59. The lowest BCUT2D eigenvalue weighted by atomic mass is 10.1. The highest BCUT2D eigenvalue weighted by atomic mass is 32.1. The van der Waals surface area contributed by atoms with Crippen molar-refractivity contribution >= 4 is 22.4 Å². The fourth-order valence-corrected chi connectivity index (χ4v) is 2.61. The zero-order valence-electron chi connectivity index (χ0n) is 12.1. The predicted molar refractivity (Wildman–Crippen MR) is 84.2 cm³/mol. The van der Waals surface area contributed by atoms with Crippen LogP contribution in [0.15, 0.2) is 30.5 Å². The third kappa shape index (κ3) is 4.14. The molecule has 0 radical (unpaired) electrons. The lowest BCUT2D eigenvalue weighted by molar-refractivity contribution is -0.119. The summed E-state index contributed by atoms with van der Waals surface area (Å²) in [7, 11) is 0. The zero-order valence-corrected chi connectivity index (χ0v) is 12.9. The van der Waals surface area contributed by atoms with Crippen molar-refractivity contribution in [3.8, 4) is 6.07 Å². The average Bonchev–Trinajstić information content (AvgIpc) is 2.94. The molecule has 108 valence electrons. The van der Waals surface area contributed by atoms with Crippen molar-refractivity contribution in [2.24, 2.45) is 5.92 Å². The second-order valence-electron chi connectivity index (χ2n) is 4.92. The van der Waals surface area contributed by atoms with Gasteiger partial charge in [-0.15, -0.1) is 11.3 Å². The minimum absolute atomic E-state index is 0.00382. The molecular weight excluding hydrogens is 282 g/mol. The number of rotatable bonds is 5. The number of benzene rings is 1. The van der Waals surface area contributed by atoms with E-state index in [1.807, 2.05) is 38.1 Å². The molecule has 2 rings (SSSR count). The third-order valence-corrected chi connectivity index (χ3v) is 4.22. The van der Waals surface area contributed by atoms with Crippen molar-refractivity contribution in [3.05, 3.63) is 46.5 Å². The summed E-state index contributed by atoms with van der Waals surface area (Å²) in [5, 5.41) is 12.3. The monoisotopic (exact) mass is 299 g/mol. The van der Waals surface area contributed by atoms with Crippen LogP contribution >= 0.6 is 11.3 Å². The summed E-state index contributed by atoms with van der Waals surface area (Å²) in [4.78, 5) is 17.1. The molecule has 0 unspecified atom stereocenters. The standard InChI is InChI=1S/C16H17N3OS/c1-3-11(2)15(20)19-16-18-10-14(21-16)8-12-4-6-13(9-17)7-5-12/h4-7,10-11H,3,8H2,1-2H3,(H,18,19,20)/t11-/m1/s1. The first kappa shape index (κ1) is 15.2. The lowest BCUT2D eigenvalue weighted by Crippen LogP contribution is -2.19. The van der Waals surface area contributed by atoms with Crippen molar-refractivity contribution < 1.29 is 4.79 Å². The van der Waals surface area contributed by atoms with Gasteiger partial charge in [-0.05, 0) is 24.1 Å². The number of aromatic nitrogens is 1. The Labute approximate surface area is 128 Å². The van der Waals surface area contributed by atoms with E-state index in [-0.39, 0.29) is 11.8 Å². The minimum atomic E-state index is -0.00382. The number of amides is 1. The van der Waals surface area contributed by atoms with Gasteiger partial charge < -0.3 is 5.32 Å². The topological polar surface area (TPSA) is 65.8 Å². The molecule has 0 aliphatic heterocycles. The second-order valence-corrected chi connectivity index (χ2v) is 6.03. The number of hydrogen-bond donors (Lipinski definition) is 1. The molecule has 0 saturated heterocycles. The normalized spacial score (nSPS) is 11.7. The Morgan fingerprint density at radius 3 is 2.76 bits per heavy atom. The average molecular weight is 299 g/mol. The van der Waals surface area contributed by atoms with Crippen LogP contribution < -0.4 is 5.32 Å². The molecule has 0 aliphatic carbocycles. The maximum Gasteiger partial charge on any atom is 0.228 e. The Morgan fingerprint density at radius 1 is 1.43 bits per heavy atom. The van der Waals surface area contributed by atoms with Crippen LogP contribution in [0.3, 0.4) is 0 Å². The van der Waals surface area contributed by atoms with Crippen LogP contribution in [0.2, 0.25) is 0 Å². The van der Waals surface area contributed by atoms with Crippen molar-refractivity contribution in [2.75, 3.05) is 5.32 Å². The molecule has 2 aromatic rings. The highest BCUT2D eigenvalue weighted by molar-refractivity contribution is 7.15. The molecule has 0 aliphatic rings. The van der Waals surface area contributed by atoms with Crippen LogP contribution in [0.25, 0.3) is 0 Å². The minimum Gasteiger partial charge on any atom is -0.302 e. The Kier molecular flexibility index (Phi) is 5.07. The summed E-state index contributed by atoms with van der Waals surface area (Å²) in [5.74, 6) is 0.00708. The Bertz CT molecular complexity index is 655. The summed E-state index contributed by atoms with van der Waals surface area (Å²) >= 11 is 1.49. The number of carbonyl (C=O) groups excluding carboxylic acids is 1. The SMILES string of the molecule is CC[C@@H](C)C(=O)Nc1ncc(Cc2ccc(C#N)cc2)s1. The van der Waals surface area contributed by atoms with Crippen LogP contribution in [-0.2, 0) is 11.2 Å². The first-order valence-corrected chi connectivity index (χ1v) is 7.68. The van der Waals surface area contributed by atoms with E-state index in [9.17, 15) is 4.79 Å². The molecule has 0 fully saturated rings. The van der Waals surface area contributed by atoms with Gasteiger partial charge in [-0.1, -0.05) is 26.0 Å². The van der Waals surface area contributed by atoms with Crippen molar-refractivity contribution in [3.63, 3.8) is 0 Å². The number of nitriles is 1. The Hall–Kier alpha value is -2.19. The molecule has 1 N–H and O–H groups in total. The van der Waals surface area contributed by atoms with Crippen LogP contribution in [0, 0.1) is 17.2 Å². The summed E-state index contributed by atoms with van der Waals surface area (Å²) < 4.78 is 0. The van der Waals surface area contributed by atoms with Crippen LogP contribution in [0.4, 0.5) is 5.13 Å². The molecular formula is C16H17N3OS. The number of nitrogens with one attached hydrogen (secondary N) is 1. The fraction of sp³-hybridized carbons (Fsp3) is 0.312. The maximum absolute atomic E-state index is 11.8. The number of hydrogen-bond acceptors (Lipinski definition) is 4. The van der Waals surface area contributed by atoms with E-state index in [2.05, 4.69) is 16.4 Å². The summed E-state index contributed by atoms with van der Waals surface area (Å²) in [6.45, 7) is 3.89. The molecule has 5 heteroatoms. The van der Waals surface area contributed by atoms with Gasteiger partial charge in [0.1, 0.15) is 0 Å². The van der Waals surface area contributed by atoms with Crippen molar-refractivity contribution in [1.82, 2.24) is 4.98 Å². The first-order valence-electron chi connectivity index (χ1n) is 6.87. The molecule has 1 heterocycles. The number of anilines is 1. The van der Waals surface area contributed by atoms with Gasteiger partial charge in [0.05, 0.1) is 11.6 Å². The molecule has 1 aromatic carbocycles. The highest BCUT2D eigenvalue weighted by Gasteiger charge is 2.12. The number of nitrogens with zero attached hydrogens (tertiary/aromatic N) is 2. The quantitative estimate of drug-likeness (QED) is 0.917. The van der Waals surface area contributed by atoms with Gasteiger partial charge in [-0.2, -0.15) is 5.26 Å². The molecule has 21 heavy (non-hydrogen) atoms. The van der Waals surface area contributed by atoms with E-state index in [1.165, 1.54) is 11.3 Å². The van der Waals surface area contributed by atoms with Gasteiger partial charge in [0.25, 0.3) is 0 Å².